The first-order valence-corrected chi connectivity index (χ1v) is 11.5. The van der Waals surface area contributed by atoms with Crippen molar-refractivity contribution in [3.05, 3.63) is 29.3 Å². The lowest BCUT2D eigenvalue weighted by atomic mass is 9.67. The number of benzene rings is 1. The van der Waals surface area contributed by atoms with E-state index in [1.165, 1.54) is 0 Å². The lowest BCUT2D eigenvalue weighted by Crippen LogP contribution is -2.52. The van der Waals surface area contributed by atoms with Gasteiger partial charge in [0, 0.05) is 41.2 Å². The normalized spacial score (nSPS) is 27.7. The van der Waals surface area contributed by atoms with E-state index in [-0.39, 0.29) is 29.7 Å². The summed E-state index contributed by atoms with van der Waals surface area (Å²) >= 11 is 0. The Morgan fingerprint density at radius 3 is 2.48 bits per heavy atom. The lowest BCUT2D eigenvalue weighted by Gasteiger charge is -2.47. The number of carbonyl (C=O) groups excluding carboxylic acids is 4. The topological polar surface area (TPSA) is 131 Å². The monoisotopic (exact) mass is 456 g/mol. The van der Waals surface area contributed by atoms with Gasteiger partial charge in [0.25, 0.3) is 5.91 Å². The third-order valence-electron chi connectivity index (χ3n) is 7.40. The van der Waals surface area contributed by atoms with Crippen molar-refractivity contribution in [1.29, 1.82) is 0 Å². The Balaban J connectivity index is 1.47. The maximum Gasteiger partial charge on any atom is 0.405 e. The average molecular weight is 457 g/mol. The van der Waals surface area contributed by atoms with Crippen molar-refractivity contribution in [2.24, 2.45) is 11.1 Å². The van der Waals surface area contributed by atoms with E-state index in [0.717, 1.165) is 24.1 Å². The smallest absolute Gasteiger partial charge is 0.405 e. The summed E-state index contributed by atoms with van der Waals surface area (Å²) in [4.78, 5) is 50.0. The summed E-state index contributed by atoms with van der Waals surface area (Å²) in [5, 5.41) is 5.92. The molecule has 0 aromatic heterocycles. The van der Waals surface area contributed by atoms with Gasteiger partial charge in [0.2, 0.25) is 11.8 Å². The van der Waals surface area contributed by atoms with Gasteiger partial charge >= 0.3 is 6.09 Å². The van der Waals surface area contributed by atoms with Gasteiger partial charge in [-0.15, -0.1) is 0 Å². The number of nitrogens with one attached hydrogen (secondary N) is 2. The first-order valence-electron chi connectivity index (χ1n) is 11.5. The molecular weight excluding hydrogens is 424 g/mol. The van der Waals surface area contributed by atoms with Crippen LogP contribution in [0.1, 0.15) is 75.2 Å². The van der Waals surface area contributed by atoms with E-state index in [2.05, 4.69) is 31.4 Å². The summed E-state index contributed by atoms with van der Waals surface area (Å²) in [6, 6.07) is 5.09. The molecule has 1 unspecified atom stereocenters. The highest BCUT2D eigenvalue weighted by molar-refractivity contribution is 6.06. The fourth-order valence-corrected chi connectivity index (χ4v) is 5.37. The van der Waals surface area contributed by atoms with Gasteiger partial charge in [-0.3, -0.25) is 19.7 Å². The van der Waals surface area contributed by atoms with Crippen molar-refractivity contribution in [1.82, 2.24) is 10.2 Å². The van der Waals surface area contributed by atoms with Gasteiger partial charge in [-0.05, 0) is 44.2 Å². The van der Waals surface area contributed by atoms with Gasteiger partial charge in [0.15, 0.2) is 0 Å². The number of imide groups is 1. The second-order valence-corrected chi connectivity index (χ2v) is 10.3. The molecule has 1 atom stereocenters. The Bertz CT molecular complexity index is 991. The molecule has 0 radical (unpaired) electrons. The van der Waals surface area contributed by atoms with Crippen LogP contribution in [0.3, 0.4) is 0 Å². The lowest BCUT2D eigenvalue weighted by molar-refractivity contribution is -0.136. The summed E-state index contributed by atoms with van der Waals surface area (Å²) in [6.07, 6.45) is 2.78. The molecule has 4 rings (SSSR count). The second-order valence-electron chi connectivity index (χ2n) is 10.3. The quantitative estimate of drug-likeness (QED) is 0.597. The molecular formula is C24H32N4O5. The van der Waals surface area contributed by atoms with Crippen molar-refractivity contribution < 1.29 is 23.9 Å². The predicted octanol–water partition coefficient (Wildman–Crippen LogP) is 2.68. The van der Waals surface area contributed by atoms with E-state index >= 15 is 0 Å². The fraction of sp³-hybridized carbons (Fsp3) is 0.583. The van der Waals surface area contributed by atoms with Gasteiger partial charge in [-0.25, -0.2) is 4.79 Å². The Labute approximate surface area is 193 Å². The zero-order valence-corrected chi connectivity index (χ0v) is 19.4. The maximum atomic E-state index is 13.0. The molecule has 0 bridgehead atoms. The number of rotatable bonds is 4. The number of nitrogens with two attached hydrogens (primary N) is 1. The van der Waals surface area contributed by atoms with Crippen molar-refractivity contribution >= 4 is 29.5 Å². The predicted molar refractivity (Wildman–Crippen MR) is 121 cm³/mol. The first kappa shape index (κ1) is 23.1. The number of carbonyl (C=O) groups is 4. The van der Waals surface area contributed by atoms with Crippen LogP contribution in [0.2, 0.25) is 0 Å². The average Bonchev–Trinajstić information content (AvgIpc) is 3.06. The minimum absolute atomic E-state index is 0.156. The van der Waals surface area contributed by atoms with Gasteiger partial charge in [-0.1, -0.05) is 26.8 Å². The van der Waals surface area contributed by atoms with Crippen LogP contribution in [-0.4, -0.2) is 46.4 Å². The van der Waals surface area contributed by atoms with E-state index in [0.29, 0.717) is 31.4 Å². The first-order chi connectivity index (χ1) is 15.5. The molecule has 2 fully saturated rings. The minimum atomic E-state index is -0.746. The van der Waals surface area contributed by atoms with Crippen molar-refractivity contribution in [2.45, 2.75) is 83.5 Å². The Morgan fingerprint density at radius 2 is 1.88 bits per heavy atom. The molecule has 1 aliphatic carbocycles. The molecule has 33 heavy (non-hydrogen) atoms. The van der Waals surface area contributed by atoms with Crippen LogP contribution in [0.15, 0.2) is 18.2 Å². The largest absolute Gasteiger partial charge is 0.443 e. The molecule has 1 aromatic rings. The maximum absolute atomic E-state index is 13.0. The second kappa shape index (κ2) is 8.35. The van der Waals surface area contributed by atoms with Crippen LogP contribution in [0.5, 0.6) is 0 Å². The summed E-state index contributed by atoms with van der Waals surface area (Å²) in [5.41, 5.74) is 6.85. The zero-order chi connectivity index (χ0) is 24.0. The number of anilines is 1. The Kier molecular flexibility index (Phi) is 5.84. The molecule has 178 valence electrons. The number of nitrogens with zero attached hydrogens (tertiary/aromatic N) is 1. The minimum Gasteiger partial charge on any atom is -0.443 e. The Hall–Kier alpha value is -3.10. The fourth-order valence-electron chi connectivity index (χ4n) is 5.37. The van der Waals surface area contributed by atoms with E-state index in [1.54, 1.807) is 11.0 Å². The van der Waals surface area contributed by atoms with E-state index in [4.69, 9.17) is 10.5 Å². The van der Waals surface area contributed by atoms with E-state index in [1.807, 2.05) is 12.1 Å². The highest BCUT2D eigenvalue weighted by Crippen LogP contribution is 2.45. The van der Waals surface area contributed by atoms with Crippen molar-refractivity contribution in [3.63, 3.8) is 0 Å². The summed E-state index contributed by atoms with van der Waals surface area (Å²) in [7, 11) is 0. The molecule has 9 heteroatoms. The standard InChI is InChI=1S/C24H32N4O5/c1-23(2,3)24(33-22(25)32)11-9-14(10-12-24)26-17-6-4-5-15-16(17)13-28(21(15)31)18-7-8-19(29)27-20(18)30/h4-6,14,18,26H,7-13H2,1-3H3,(H2,25,32)(H,27,29,30). The summed E-state index contributed by atoms with van der Waals surface area (Å²) < 4.78 is 5.63. The van der Waals surface area contributed by atoms with E-state index in [9.17, 15) is 19.2 Å². The number of piperidine rings is 1. The van der Waals surface area contributed by atoms with Crippen LogP contribution in [-0.2, 0) is 20.9 Å². The summed E-state index contributed by atoms with van der Waals surface area (Å²) in [6.45, 7) is 6.50. The zero-order valence-electron chi connectivity index (χ0n) is 19.4. The number of amides is 4. The van der Waals surface area contributed by atoms with Crippen LogP contribution in [0, 0.1) is 5.41 Å². The number of hydrogen-bond donors (Lipinski definition) is 3. The molecule has 1 saturated heterocycles. The number of primary amides is 1. The summed E-state index contributed by atoms with van der Waals surface area (Å²) in [5.74, 6) is -0.901. The third-order valence-corrected chi connectivity index (χ3v) is 7.40. The molecule has 1 aromatic carbocycles. The molecule has 4 N–H and O–H groups in total. The number of ether oxygens (including phenoxy) is 1. The van der Waals surface area contributed by atoms with Gasteiger partial charge < -0.3 is 20.7 Å². The molecule has 1 saturated carbocycles. The highest BCUT2D eigenvalue weighted by Gasteiger charge is 2.48. The number of hydrogen-bond acceptors (Lipinski definition) is 6. The molecule has 0 spiro atoms. The SMILES string of the molecule is CC(C)(C)C1(OC(N)=O)CCC(Nc2cccc3c2CN(C2CCC(=O)NC2=O)C3=O)CC1. The highest BCUT2D eigenvalue weighted by atomic mass is 16.6. The number of fused-ring (bicyclic) bond motifs is 1. The van der Waals surface area contributed by atoms with Crippen molar-refractivity contribution in [3.8, 4) is 0 Å². The molecule has 2 heterocycles. The van der Waals surface area contributed by atoms with Crippen LogP contribution < -0.4 is 16.4 Å². The molecule has 4 amide bonds. The third kappa shape index (κ3) is 4.28. The van der Waals surface area contributed by atoms with Gasteiger partial charge in [0.05, 0.1) is 0 Å². The molecule has 9 nitrogen and oxygen atoms in total. The molecule has 2 aliphatic heterocycles. The van der Waals surface area contributed by atoms with Crippen LogP contribution in [0.4, 0.5) is 10.5 Å². The Morgan fingerprint density at radius 1 is 1.18 bits per heavy atom. The molecule has 3 aliphatic rings. The van der Waals surface area contributed by atoms with Gasteiger partial charge in [-0.2, -0.15) is 0 Å². The van der Waals surface area contributed by atoms with E-state index < -0.39 is 23.6 Å². The van der Waals surface area contributed by atoms with Crippen LogP contribution >= 0.6 is 0 Å². The van der Waals surface area contributed by atoms with Crippen LogP contribution in [0.25, 0.3) is 0 Å². The van der Waals surface area contributed by atoms with Crippen molar-refractivity contribution in [2.75, 3.05) is 5.32 Å². The van der Waals surface area contributed by atoms with Gasteiger partial charge in [0.1, 0.15) is 11.6 Å².